The zero-order valence-electron chi connectivity index (χ0n) is 18.7. The molecule has 0 aliphatic carbocycles. The van der Waals surface area contributed by atoms with Gasteiger partial charge in [0.1, 0.15) is 18.2 Å². The van der Waals surface area contributed by atoms with Gasteiger partial charge in [0.25, 0.3) is 5.56 Å². The molecule has 0 bridgehead atoms. The quantitative estimate of drug-likeness (QED) is 0.192. The number of hydrogen-bond acceptors (Lipinski definition) is 4. The first-order valence-electron chi connectivity index (χ1n) is 11.0. The fraction of sp³-hybridized carbons (Fsp3) is 0.0357. The molecule has 0 spiro atoms. The molecule has 1 heterocycles. The summed E-state index contributed by atoms with van der Waals surface area (Å²) < 4.78 is 22.4. The summed E-state index contributed by atoms with van der Waals surface area (Å²) in [7, 11) is 0. The molecule has 0 unspecified atom stereocenters. The molecule has 8 heteroatoms. The van der Waals surface area contributed by atoms with E-state index >= 15 is 0 Å². The predicted molar refractivity (Wildman–Crippen MR) is 147 cm³/mol. The molecule has 0 radical (unpaired) electrons. The second-order valence-electron chi connectivity index (χ2n) is 7.87. The number of ether oxygens (including phenoxy) is 1. The van der Waals surface area contributed by atoms with Crippen molar-refractivity contribution < 1.29 is 9.13 Å². The number of hydrogen-bond donors (Lipinski definition) is 0. The van der Waals surface area contributed by atoms with Gasteiger partial charge in [-0.15, -0.1) is 0 Å². The largest absolute Gasteiger partial charge is 0.486 e. The summed E-state index contributed by atoms with van der Waals surface area (Å²) in [4.78, 5) is 18.0. The Bertz CT molecular complexity index is 1630. The third-order valence-electron chi connectivity index (χ3n) is 5.46. The molecular weight excluding hydrogens is 589 g/mol. The Morgan fingerprint density at radius 2 is 1.58 bits per heavy atom. The van der Waals surface area contributed by atoms with Crippen LogP contribution in [0.3, 0.4) is 0 Å². The van der Waals surface area contributed by atoms with Crippen LogP contribution in [0.25, 0.3) is 22.3 Å². The highest BCUT2D eigenvalue weighted by atomic mass is 79.9. The van der Waals surface area contributed by atoms with Gasteiger partial charge in [-0.2, -0.15) is 9.78 Å². The van der Waals surface area contributed by atoms with Crippen LogP contribution in [0.5, 0.6) is 5.75 Å². The first-order valence-corrected chi connectivity index (χ1v) is 12.6. The van der Waals surface area contributed by atoms with Crippen LogP contribution in [0.4, 0.5) is 4.39 Å². The molecule has 4 aromatic carbocycles. The predicted octanol–water partition coefficient (Wildman–Crippen LogP) is 7.19. The molecule has 5 rings (SSSR count). The molecule has 0 saturated heterocycles. The van der Waals surface area contributed by atoms with E-state index in [-0.39, 0.29) is 18.0 Å². The Morgan fingerprint density at radius 1 is 0.917 bits per heavy atom. The van der Waals surface area contributed by atoms with Gasteiger partial charge in [0.2, 0.25) is 0 Å². The summed E-state index contributed by atoms with van der Waals surface area (Å²) >= 11 is 7.05. The molecule has 5 aromatic rings. The molecule has 1 aromatic heterocycles. The maximum absolute atomic E-state index is 14.0. The van der Waals surface area contributed by atoms with Gasteiger partial charge in [0.15, 0.2) is 5.82 Å². The maximum Gasteiger partial charge on any atom is 0.282 e. The van der Waals surface area contributed by atoms with Gasteiger partial charge in [-0.3, -0.25) is 4.79 Å². The average molecular weight is 607 g/mol. The molecule has 0 aliphatic rings. The van der Waals surface area contributed by atoms with Crippen LogP contribution in [0, 0.1) is 5.82 Å². The van der Waals surface area contributed by atoms with Crippen molar-refractivity contribution in [3.63, 3.8) is 0 Å². The normalized spacial score (nSPS) is 11.3. The van der Waals surface area contributed by atoms with Crippen molar-refractivity contribution in [2.75, 3.05) is 0 Å². The molecule has 5 nitrogen and oxygen atoms in total. The molecule has 36 heavy (non-hydrogen) atoms. The lowest BCUT2D eigenvalue weighted by Crippen LogP contribution is -2.20. The van der Waals surface area contributed by atoms with E-state index in [1.165, 1.54) is 10.7 Å². The first-order chi connectivity index (χ1) is 17.5. The summed E-state index contributed by atoms with van der Waals surface area (Å²) in [6.45, 7) is 0.0793. The number of fused-ring (bicyclic) bond motifs is 1. The van der Waals surface area contributed by atoms with E-state index in [0.29, 0.717) is 42.5 Å². The highest BCUT2D eigenvalue weighted by Gasteiger charge is 2.13. The average Bonchev–Trinajstić information content (AvgIpc) is 2.89. The van der Waals surface area contributed by atoms with Gasteiger partial charge < -0.3 is 4.74 Å². The minimum atomic E-state index is -0.322. The van der Waals surface area contributed by atoms with Crippen LogP contribution in [0.2, 0.25) is 0 Å². The fourth-order valence-electron chi connectivity index (χ4n) is 3.69. The van der Waals surface area contributed by atoms with Crippen molar-refractivity contribution in [2.24, 2.45) is 5.10 Å². The second-order valence-corrected chi connectivity index (χ2v) is 9.58. The van der Waals surface area contributed by atoms with Crippen LogP contribution in [-0.2, 0) is 6.61 Å². The van der Waals surface area contributed by atoms with Crippen molar-refractivity contribution >= 4 is 49.0 Å². The fourth-order valence-corrected chi connectivity index (χ4v) is 5.14. The van der Waals surface area contributed by atoms with Gasteiger partial charge in [0.05, 0.1) is 26.1 Å². The number of para-hydroxylation sites is 1. The summed E-state index contributed by atoms with van der Waals surface area (Å²) in [5.41, 5.74) is 2.29. The first kappa shape index (κ1) is 24.1. The lowest BCUT2D eigenvalue weighted by atomic mass is 10.2. The Labute approximate surface area is 223 Å². The van der Waals surface area contributed by atoms with E-state index in [2.05, 4.69) is 37.0 Å². The van der Waals surface area contributed by atoms with E-state index in [1.54, 1.807) is 36.5 Å². The molecular formula is C28H18Br2FN3O2. The lowest BCUT2D eigenvalue weighted by molar-refractivity contribution is 0.296. The van der Waals surface area contributed by atoms with Gasteiger partial charge in [0, 0.05) is 11.1 Å². The second kappa shape index (κ2) is 10.6. The highest BCUT2D eigenvalue weighted by molar-refractivity contribution is 9.11. The zero-order valence-corrected chi connectivity index (χ0v) is 21.9. The van der Waals surface area contributed by atoms with Gasteiger partial charge >= 0.3 is 0 Å². The van der Waals surface area contributed by atoms with Gasteiger partial charge in [-0.1, -0.05) is 60.7 Å². The van der Waals surface area contributed by atoms with Crippen molar-refractivity contribution in [3.8, 4) is 17.1 Å². The molecule has 178 valence electrons. The number of halogens is 3. The number of nitrogens with zero attached hydrogens (tertiary/aromatic N) is 3. The third-order valence-corrected chi connectivity index (χ3v) is 6.64. The molecule has 0 aliphatic heterocycles. The van der Waals surface area contributed by atoms with Crippen LogP contribution in [0.1, 0.15) is 11.1 Å². The molecule has 0 fully saturated rings. The smallest absolute Gasteiger partial charge is 0.282 e. The minimum absolute atomic E-state index is 0.0793. The van der Waals surface area contributed by atoms with Crippen molar-refractivity contribution in [1.29, 1.82) is 0 Å². The van der Waals surface area contributed by atoms with Gasteiger partial charge in [-0.05, 0) is 67.8 Å². The van der Waals surface area contributed by atoms with Crippen LogP contribution in [0.15, 0.2) is 110 Å². The van der Waals surface area contributed by atoms with Crippen LogP contribution < -0.4 is 10.3 Å². The summed E-state index contributed by atoms with van der Waals surface area (Å²) in [5, 5.41) is 4.98. The van der Waals surface area contributed by atoms with E-state index < -0.39 is 0 Å². The molecule has 0 atom stereocenters. The van der Waals surface area contributed by atoms with E-state index in [1.807, 2.05) is 54.6 Å². The van der Waals surface area contributed by atoms with Gasteiger partial charge in [-0.25, -0.2) is 9.37 Å². The van der Waals surface area contributed by atoms with E-state index in [4.69, 9.17) is 9.72 Å². The van der Waals surface area contributed by atoms with E-state index in [9.17, 15) is 9.18 Å². The summed E-state index contributed by atoms with van der Waals surface area (Å²) in [5.74, 6) is 0.653. The molecule has 0 amide bonds. The molecule has 0 N–H and O–H groups in total. The maximum atomic E-state index is 14.0. The third kappa shape index (κ3) is 5.01. The summed E-state index contributed by atoms with van der Waals surface area (Å²) in [6.07, 6.45) is 1.58. The lowest BCUT2D eigenvalue weighted by Gasteiger charge is -2.12. The standard InChI is InChI=1S/C28H18Br2FN3O2/c29-22-14-18(15-23(30)26(22)36-17-20-10-4-6-12-24(20)31)16-32-34-27(19-8-2-1-3-9-19)33-25-13-7-5-11-21(25)28(34)35/h1-16H,17H2. The van der Waals surface area contributed by atoms with Crippen LogP contribution >= 0.6 is 31.9 Å². The van der Waals surface area contributed by atoms with Crippen molar-refractivity contribution in [1.82, 2.24) is 9.66 Å². The Balaban J connectivity index is 1.50. The summed E-state index contributed by atoms with van der Waals surface area (Å²) in [6, 6.07) is 26.8. The van der Waals surface area contributed by atoms with Crippen LogP contribution in [-0.4, -0.2) is 15.9 Å². The van der Waals surface area contributed by atoms with Crippen molar-refractivity contribution in [2.45, 2.75) is 6.61 Å². The Hall–Kier alpha value is -3.62. The number of aromatic nitrogens is 2. The number of rotatable bonds is 6. The highest BCUT2D eigenvalue weighted by Crippen LogP contribution is 2.35. The van der Waals surface area contributed by atoms with E-state index in [0.717, 1.165) is 5.56 Å². The zero-order chi connectivity index (χ0) is 25.1. The molecule has 0 saturated carbocycles. The SMILES string of the molecule is O=c1c2ccccc2nc(-c2ccccc2)n1N=Cc1cc(Br)c(OCc2ccccc2F)c(Br)c1. The Morgan fingerprint density at radius 3 is 2.33 bits per heavy atom. The Kier molecular flexibility index (Phi) is 7.06. The minimum Gasteiger partial charge on any atom is -0.486 e. The number of benzene rings is 4. The topological polar surface area (TPSA) is 56.5 Å². The monoisotopic (exact) mass is 605 g/mol. The van der Waals surface area contributed by atoms with Crippen molar-refractivity contribution in [3.05, 3.63) is 127 Å².